The van der Waals surface area contributed by atoms with Crippen LogP contribution < -0.4 is 15.9 Å². The Bertz CT molecular complexity index is 1860. The van der Waals surface area contributed by atoms with Crippen LogP contribution in [0.25, 0.3) is 11.3 Å². The number of carbonyl (C=O) groups is 1. The van der Waals surface area contributed by atoms with Gasteiger partial charge in [-0.05, 0) is 66.4 Å². The monoisotopic (exact) mass is 657 g/mol. The molecule has 1 aliphatic rings. The van der Waals surface area contributed by atoms with E-state index in [9.17, 15) is 9.36 Å². The van der Waals surface area contributed by atoms with E-state index in [0.29, 0.717) is 27.8 Å². The average molecular weight is 658 g/mol. The Balaban J connectivity index is 1.31. The maximum Gasteiger partial charge on any atom is 0.361 e. The molecule has 0 spiro atoms. The summed E-state index contributed by atoms with van der Waals surface area (Å²) in [6, 6.07) is 44.4. The van der Waals surface area contributed by atoms with Crippen molar-refractivity contribution in [2.24, 2.45) is 0 Å². The highest BCUT2D eigenvalue weighted by molar-refractivity contribution is 7.62. The van der Waals surface area contributed by atoms with E-state index < -0.39 is 7.60 Å². The highest BCUT2D eigenvalue weighted by atomic mass is 31.2. The minimum atomic E-state index is -3.57. The Morgan fingerprint density at radius 2 is 1.21 bits per heavy atom. The first-order chi connectivity index (χ1) is 23.5. The van der Waals surface area contributed by atoms with Crippen molar-refractivity contribution in [2.75, 3.05) is 23.8 Å². The molecule has 48 heavy (non-hydrogen) atoms. The average Bonchev–Trinajstić information content (AvgIpc) is 3.44. The molecule has 0 radical (unpaired) electrons. The fourth-order valence-electron chi connectivity index (χ4n) is 5.93. The summed E-state index contributed by atoms with van der Waals surface area (Å²) in [4.78, 5) is 16.0. The van der Waals surface area contributed by atoms with Crippen molar-refractivity contribution in [3.8, 4) is 0 Å². The summed E-state index contributed by atoms with van der Waals surface area (Å²) in [7, 11) is -3.57. The van der Waals surface area contributed by atoms with E-state index in [1.54, 1.807) is 32.0 Å². The molecule has 0 bridgehead atoms. The second kappa shape index (κ2) is 15.4. The molecule has 7 nitrogen and oxygen atoms in total. The Kier molecular flexibility index (Phi) is 10.6. The first-order valence-electron chi connectivity index (χ1n) is 16.3. The Morgan fingerprint density at radius 3 is 1.75 bits per heavy atom. The summed E-state index contributed by atoms with van der Waals surface area (Å²) in [5.74, 6) is -0.245. The van der Waals surface area contributed by atoms with E-state index in [-0.39, 0.29) is 19.1 Å². The summed E-state index contributed by atoms with van der Waals surface area (Å²) in [5, 5.41) is 6.94. The SMILES string of the molecule is CCOP(=O)(OCC)c1ccc2c(c1)C(=C(Nc1ccc(CN(Cc3ccccc3)Cc3ccccc3)cc1)c1ccccc1)C(=O)N2. The number of hydrogen-bond acceptors (Lipinski definition) is 6. The highest BCUT2D eigenvalue weighted by Gasteiger charge is 2.33. The van der Waals surface area contributed by atoms with Crippen molar-refractivity contribution in [3.05, 3.63) is 161 Å². The molecule has 5 aromatic rings. The van der Waals surface area contributed by atoms with Crippen LogP contribution in [0.1, 0.15) is 41.7 Å². The summed E-state index contributed by atoms with van der Waals surface area (Å²) >= 11 is 0. The van der Waals surface area contributed by atoms with Gasteiger partial charge in [0.2, 0.25) is 0 Å². The second-order valence-corrected chi connectivity index (χ2v) is 13.6. The van der Waals surface area contributed by atoms with Gasteiger partial charge in [0.05, 0.1) is 29.8 Å². The lowest BCUT2D eigenvalue weighted by Crippen LogP contribution is -2.22. The van der Waals surface area contributed by atoms with E-state index in [1.807, 2.05) is 54.6 Å². The fourth-order valence-corrected chi connectivity index (χ4v) is 7.53. The van der Waals surface area contributed by atoms with Gasteiger partial charge in [0.25, 0.3) is 5.91 Å². The molecule has 0 atom stereocenters. The number of hydrogen-bond donors (Lipinski definition) is 2. The van der Waals surface area contributed by atoms with Crippen LogP contribution in [0, 0.1) is 0 Å². The van der Waals surface area contributed by atoms with E-state index in [0.717, 1.165) is 30.9 Å². The summed E-state index contributed by atoms with van der Waals surface area (Å²) < 4.78 is 24.9. The molecular formula is C40H40N3O4P. The molecule has 5 aromatic carbocycles. The summed E-state index contributed by atoms with van der Waals surface area (Å²) in [6.07, 6.45) is 0. The van der Waals surface area contributed by atoms with Crippen LogP contribution in [-0.4, -0.2) is 24.0 Å². The van der Waals surface area contributed by atoms with Gasteiger partial charge in [-0.15, -0.1) is 0 Å². The Morgan fingerprint density at radius 1 is 0.688 bits per heavy atom. The first-order valence-corrected chi connectivity index (χ1v) is 17.8. The standard InChI is InChI=1S/C40H40N3O4P/c1-3-46-48(45,47-4-2)35-24-25-37-36(26-35)38(40(44)42-37)39(33-18-12-7-13-19-33)41-34-22-20-32(21-23-34)29-43(27-30-14-8-5-9-15-30)28-31-16-10-6-11-17-31/h5-26,41H,3-4,27-29H2,1-2H3,(H,42,44). The maximum atomic E-state index is 13.7. The molecule has 0 aromatic heterocycles. The van der Waals surface area contributed by atoms with Crippen LogP contribution in [0.4, 0.5) is 11.4 Å². The molecule has 0 aliphatic carbocycles. The number of nitrogens with zero attached hydrogens (tertiary/aromatic N) is 1. The van der Waals surface area contributed by atoms with Crippen molar-refractivity contribution < 1.29 is 18.4 Å². The van der Waals surface area contributed by atoms with Gasteiger partial charge in [-0.3, -0.25) is 14.3 Å². The van der Waals surface area contributed by atoms with Crippen molar-refractivity contribution in [1.29, 1.82) is 0 Å². The number of rotatable bonds is 14. The van der Waals surface area contributed by atoms with Crippen molar-refractivity contribution in [3.63, 3.8) is 0 Å². The Hall–Kier alpha value is -4.78. The lowest BCUT2D eigenvalue weighted by molar-refractivity contribution is -0.110. The lowest BCUT2D eigenvalue weighted by atomic mass is 10.00. The van der Waals surface area contributed by atoms with Gasteiger partial charge in [0.15, 0.2) is 0 Å². The van der Waals surface area contributed by atoms with E-state index in [4.69, 9.17) is 9.05 Å². The number of benzene rings is 5. The predicted molar refractivity (Wildman–Crippen MR) is 195 cm³/mol. The van der Waals surface area contributed by atoms with Gasteiger partial charge in [0, 0.05) is 36.6 Å². The molecule has 1 heterocycles. The minimum absolute atomic E-state index is 0.233. The minimum Gasteiger partial charge on any atom is -0.354 e. The van der Waals surface area contributed by atoms with Crippen LogP contribution in [0.5, 0.6) is 0 Å². The zero-order valence-electron chi connectivity index (χ0n) is 27.3. The van der Waals surface area contributed by atoms with Crippen LogP contribution in [0.3, 0.4) is 0 Å². The van der Waals surface area contributed by atoms with Gasteiger partial charge in [0.1, 0.15) is 0 Å². The van der Waals surface area contributed by atoms with Crippen molar-refractivity contribution in [1.82, 2.24) is 4.90 Å². The van der Waals surface area contributed by atoms with Gasteiger partial charge in [-0.1, -0.05) is 103 Å². The Labute approximate surface area is 282 Å². The highest BCUT2D eigenvalue weighted by Crippen LogP contribution is 2.48. The third kappa shape index (κ3) is 7.84. The fraction of sp³-hybridized carbons (Fsp3) is 0.175. The molecule has 0 saturated carbocycles. The largest absolute Gasteiger partial charge is 0.361 e. The predicted octanol–water partition coefficient (Wildman–Crippen LogP) is 8.71. The molecule has 0 saturated heterocycles. The molecular weight excluding hydrogens is 617 g/mol. The van der Waals surface area contributed by atoms with E-state index in [2.05, 4.69) is 76.2 Å². The quantitative estimate of drug-likeness (QED) is 0.0919. The number of amides is 1. The number of anilines is 2. The molecule has 0 fully saturated rings. The van der Waals surface area contributed by atoms with Crippen LogP contribution >= 0.6 is 7.60 Å². The molecule has 1 aliphatic heterocycles. The first kappa shape index (κ1) is 33.1. The smallest absolute Gasteiger partial charge is 0.354 e. The van der Waals surface area contributed by atoms with Gasteiger partial charge >= 0.3 is 7.60 Å². The normalized spacial score (nSPS) is 13.7. The third-order valence-electron chi connectivity index (χ3n) is 8.10. The molecule has 244 valence electrons. The van der Waals surface area contributed by atoms with E-state index in [1.165, 1.54) is 16.7 Å². The van der Waals surface area contributed by atoms with Crippen molar-refractivity contribution >= 4 is 41.5 Å². The second-order valence-electron chi connectivity index (χ2n) is 11.6. The molecule has 2 N–H and O–H groups in total. The third-order valence-corrected chi connectivity index (χ3v) is 10.2. The van der Waals surface area contributed by atoms with Crippen LogP contribution in [0.2, 0.25) is 0 Å². The van der Waals surface area contributed by atoms with Gasteiger partial charge < -0.3 is 19.7 Å². The van der Waals surface area contributed by atoms with Crippen molar-refractivity contribution in [2.45, 2.75) is 33.5 Å². The van der Waals surface area contributed by atoms with Crippen LogP contribution in [0.15, 0.2) is 133 Å². The lowest BCUT2D eigenvalue weighted by Gasteiger charge is -2.23. The number of carbonyl (C=O) groups excluding carboxylic acids is 1. The number of fused-ring (bicyclic) bond motifs is 1. The number of nitrogens with one attached hydrogen (secondary N) is 2. The molecule has 1 amide bonds. The molecule has 6 rings (SSSR count). The summed E-state index contributed by atoms with van der Waals surface area (Å²) in [5.41, 5.74) is 7.78. The van der Waals surface area contributed by atoms with Gasteiger partial charge in [-0.25, -0.2) is 0 Å². The summed E-state index contributed by atoms with van der Waals surface area (Å²) in [6.45, 7) is 6.46. The zero-order valence-corrected chi connectivity index (χ0v) is 28.2. The molecule has 8 heteroatoms. The zero-order chi connectivity index (χ0) is 33.3. The topological polar surface area (TPSA) is 79.9 Å². The van der Waals surface area contributed by atoms with Crippen LogP contribution in [-0.2, 0) is 38.0 Å². The maximum absolute atomic E-state index is 13.7. The molecule has 0 unspecified atom stereocenters. The van der Waals surface area contributed by atoms with E-state index >= 15 is 0 Å². The van der Waals surface area contributed by atoms with Gasteiger partial charge in [-0.2, -0.15) is 0 Å².